The largest absolute Gasteiger partial charge is 0.481 e. The third kappa shape index (κ3) is 3.50. The van der Waals surface area contributed by atoms with Crippen LogP contribution in [-0.2, 0) is 20.9 Å². The van der Waals surface area contributed by atoms with Crippen molar-refractivity contribution < 1.29 is 24.2 Å². The predicted molar refractivity (Wildman–Crippen MR) is 84.1 cm³/mol. The summed E-state index contributed by atoms with van der Waals surface area (Å²) in [7, 11) is 0. The summed E-state index contributed by atoms with van der Waals surface area (Å²) in [6, 6.07) is 9.23. The molecule has 0 bridgehead atoms. The molecule has 0 unspecified atom stereocenters. The van der Waals surface area contributed by atoms with Crippen LogP contribution in [0.5, 0.6) is 0 Å². The van der Waals surface area contributed by atoms with E-state index in [1.165, 1.54) is 4.90 Å². The molecule has 2 amide bonds. The second-order valence-corrected chi connectivity index (χ2v) is 6.23. The van der Waals surface area contributed by atoms with Crippen LogP contribution in [0, 0.1) is 5.92 Å². The Morgan fingerprint density at radius 2 is 1.92 bits per heavy atom. The molecule has 2 heterocycles. The Morgan fingerprint density at radius 3 is 2.62 bits per heavy atom. The first kappa shape index (κ1) is 16.3. The topological polar surface area (TPSA) is 87.1 Å². The van der Waals surface area contributed by atoms with Gasteiger partial charge in [-0.3, -0.25) is 14.5 Å². The fourth-order valence-corrected chi connectivity index (χ4v) is 3.25. The highest BCUT2D eigenvalue weighted by atomic mass is 16.6. The van der Waals surface area contributed by atoms with Crippen molar-refractivity contribution >= 4 is 18.0 Å². The molecule has 2 aliphatic heterocycles. The summed E-state index contributed by atoms with van der Waals surface area (Å²) >= 11 is 0. The van der Waals surface area contributed by atoms with Gasteiger partial charge in [-0.25, -0.2) is 4.79 Å². The Morgan fingerprint density at radius 1 is 1.17 bits per heavy atom. The first-order valence-electron chi connectivity index (χ1n) is 8.02. The summed E-state index contributed by atoms with van der Waals surface area (Å²) < 4.78 is 5.28. The number of piperazine rings is 1. The van der Waals surface area contributed by atoms with Crippen molar-refractivity contribution in [1.29, 1.82) is 0 Å². The number of rotatable bonds is 3. The van der Waals surface area contributed by atoms with Gasteiger partial charge in [0.15, 0.2) is 0 Å². The number of hydrogen-bond donors (Lipinski definition) is 1. The highest BCUT2D eigenvalue weighted by Gasteiger charge is 2.40. The molecule has 0 spiro atoms. The van der Waals surface area contributed by atoms with E-state index in [-0.39, 0.29) is 31.6 Å². The van der Waals surface area contributed by atoms with Gasteiger partial charge >= 0.3 is 12.1 Å². The summed E-state index contributed by atoms with van der Waals surface area (Å²) in [5.74, 6) is -1.60. The first-order chi connectivity index (χ1) is 11.5. The second kappa shape index (κ2) is 6.90. The number of benzene rings is 1. The number of fused-ring (bicyclic) bond motifs is 1. The van der Waals surface area contributed by atoms with Gasteiger partial charge in [0.1, 0.15) is 13.2 Å². The first-order valence-corrected chi connectivity index (χ1v) is 8.02. The molecule has 3 rings (SSSR count). The van der Waals surface area contributed by atoms with Gasteiger partial charge in [0.2, 0.25) is 5.91 Å². The fraction of sp³-hybridized carbons (Fsp3) is 0.471. The smallest absolute Gasteiger partial charge is 0.410 e. The highest BCUT2D eigenvalue weighted by molar-refractivity contribution is 5.84. The van der Waals surface area contributed by atoms with Crippen LogP contribution in [0.25, 0.3) is 0 Å². The van der Waals surface area contributed by atoms with Crippen LogP contribution < -0.4 is 0 Å². The summed E-state index contributed by atoms with van der Waals surface area (Å²) in [6.07, 6.45) is 0.606. The number of ether oxygens (including phenoxy) is 1. The van der Waals surface area contributed by atoms with Crippen molar-refractivity contribution in [2.75, 3.05) is 19.6 Å². The number of hydrogen-bond acceptors (Lipinski definition) is 4. The molecule has 2 atom stereocenters. The summed E-state index contributed by atoms with van der Waals surface area (Å²) in [5.41, 5.74) is 0.887. The number of aliphatic carboxylic acids is 1. The predicted octanol–water partition coefficient (Wildman–Crippen LogP) is 1.33. The van der Waals surface area contributed by atoms with Crippen molar-refractivity contribution in [1.82, 2.24) is 9.80 Å². The SMILES string of the molecule is O=C(O)[C@@H]1CC[C@@H]2CN(C(=O)OCc3ccccc3)CC(=O)N2C1. The van der Waals surface area contributed by atoms with Gasteiger partial charge < -0.3 is 14.7 Å². The molecule has 2 aliphatic rings. The zero-order valence-corrected chi connectivity index (χ0v) is 13.3. The van der Waals surface area contributed by atoms with Crippen LogP contribution in [0.4, 0.5) is 4.79 Å². The monoisotopic (exact) mass is 332 g/mol. The average molecular weight is 332 g/mol. The molecule has 0 radical (unpaired) electrons. The van der Waals surface area contributed by atoms with E-state index in [1.54, 1.807) is 4.90 Å². The van der Waals surface area contributed by atoms with Crippen LogP contribution in [0.15, 0.2) is 30.3 Å². The molecule has 0 aromatic heterocycles. The van der Waals surface area contributed by atoms with Gasteiger partial charge in [0, 0.05) is 19.1 Å². The van der Waals surface area contributed by atoms with Crippen LogP contribution in [0.2, 0.25) is 0 Å². The molecule has 0 aliphatic carbocycles. The molecular formula is C17H20N2O5. The van der Waals surface area contributed by atoms with E-state index in [9.17, 15) is 14.4 Å². The molecule has 0 saturated carbocycles. The maximum Gasteiger partial charge on any atom is 0.410 e. The number of nitrogens with zero attached hydrogens (tertiary/aromatic N) is 2. The Balaban J connectivity index is 1.56. The van der Waals surface area contributed by atoms with E-state index in [0.29, 0.717) is 19.4 Å². The number of carbonyl (C=O) groups excluding carboxylic acids is 2. The van der Waals surface area contributed by atoms with E-state index < -0.39 is 18.0 Å². The lowest BCUT2D eigenvalue weighted by Crippen LogP contribution is -2.61. The molecule has 1 aromatic carbocycles. The molecule has 24 heavy (non-hydrogen) atoms. The van der Waals surface area contributed by atoms with Gasteiger partial charge in [-0.1, -0.05) is 30.3 Å². The minimum atomic E-state index is -0.869. The maximum atomic E-state index is 12.3. The number of piperidine rings is 1. The number of carboxylic acids is 1. The van der Waals surface area contributed by atoms with Crippen LogP contribution in [0.1, 0.15) is 18.4 Å². The maximum absolute atomic E-state index is 12.3. The molecule has 2 fully saturated rings. The third-order valence-electron chi connectivity index (χ3n) is 4.60. The Kier molecular flexibility index (Phi) is 4.69. The Labute approximate surface area is 139 Å². The van der Waals surface area contributed by atoms with Crippen LogP contribution >= 0.6 is 0 Å². The van der Waals surface area contributed by atoms with Crippen LogP contribution in [-0.4, -0.2) is 58.6 Å². The quantitative estimate of drug-likeness (QED) is 0.902. The molecule has 1 aromatic rings. The normalized spacial score (nSPS) is 23.6. The van der Waals surface area contributed by atoms with Gasteiger partial charge in [-0.2, -0.15) is 0 Å². The van der Waals surface area contributed by atoms with Gasteiger partial charge in [0.05, 0.1) is 5.92 Å². The van der Waals surface area contributed by atoms with Crippen molar-refractivity contribution in [3.63, 3.8) is 0 Å². The van der Waals surface area contributed by atoms with Crippen LogP contribution in [0.3, 0.4) is 0 Å². The fourth-order valence-electron chi connectivity index (χ4n) is 3.25. The number of carbonyl (C=O) groups is 3. The van der Waals surface area contributed by atoms with Crippen molar-refractivity contribution in [2.24, 2.45) is 5.92 Å². The lowest BCUT2D eigenvalue weighted by molar-refractivity contribution is -0.150. The zero-order chi connectivity index (χ0) is 17.1. The Bertz CT molecular complexity index is 633. The summed E-state index contributed by atoms with van der Waals surface area (Å²) in [4.78, 5) is 38.6. The van der Waals surface area contributed by atoms with Crippen molar-refractivity contribution in [3.8, 4) is 0 Å². The number of carboxylic acid groups (broad SMARTS) is 1. The number of amides is 2. The van der Waals surface area contributed by atoms with Crippen molar-refractivity contribution in [2.45, 2.75) is 25.5 Å². The van der Waals surface area contributed by atoms with Crippen molar-refractivity contribution in [3.05, 3.63) is 35.9 Å². The summed E-state index contributed by atoms with van der Waals surface area (Å²) in [5, 5.41) is 9.11. The molecule has 128 valence electrons. The van der Waals surface area contributed by atoms with Gasteiger partial charge in [-0.15, -0.1) is 0 Å². The van der Waals surface area contributed by atoms with E-state index in [4.69, 9.17) is 9.84 Å². The molecule has 7 heteroatoms. The van der Waals surface area contributed by atoms with E-state index in [1.807, 2.05) is 30.3 Å². The standard InChI is InChI=1S/C17H20N2O5/c20-15-10-18(17(23)24-11-12-4-2-1-3-5-12)9-14-7-6-13(16(21)22)8-19(14)15/h1-5,13-14H,6-11H2,(H,21,22)/t13-,14-/m1/s1. The minimum Gasteiger partial charge on any atom is -0.481 e. The van der Waals surface area contributed by atoms with Gasteiger partial charge in [0.25, 0.3) is 0 Å². The third-order valence-corrected chi connectivity index (χ3v) is 4.60. The lowest BCUT2D eigenvalue weighted by atomic mass is 9.91. The average Bonchev–Trinajstić information content (AvgIpc) is 2.60. The van der Waals surface area contributed by atoms with E-state index >= 15 is 0 Å². The lowest BCUT2D eigenvalue weighted by Gasteiger charge is -2.44. The molecule has 1 N–H and O–H groups in total. The zero-order valence-electron chi connectivity index (χ0n) is 13.3. The second-order valence-electron chi connectivity index (χ2n) is 6.23. The summed E-state index contributed by atoms with van der Waals surface area (Å²) in [6.45, 7) is 0.730. The molecular weight excluding hydrogens is 312 g/mol. The Hall–Kier alpha value is -2.57. The van der Waals surface area contributed by atoms with Gasteiger partial charge in [-0.05, 0) is 18.4 Å². The minimum absolute atomic E-state index is 0.0591. The molecule has 7 nitrogen and oxygen atoms in total. The molecule has 2 saturated heterocycles. The van der Waals surface area contributed by atoms with E-state index in [0.717, 1.165) is 5.56 Å². The highest BCUT2D eigenvalue weighted by Crippen LogP contribution is 2.26. The van der Waals surface area contributed by atoms with E-state index in [2.05, 4.69) is 0 Å².